The number of esters is 1. The summed E-state index contributed by atoms with van der Waals surface area (Å²) in [6.45, 7) is 9.80. The fraction of sp³-hybridized carbons (Fsp3) is 0.609. The normalized spacial score (nSPS) is 19.9. The van der Waals surface area contributed by atoms with Crippen LogP contribution in [0.25, 0.3) is 11.0 Å². The molecule has 2 aliphatic heterocycles. The van der Waals surface area contributed by atoms with Crippen molar-refractivity contribution >= 4 is 35.1 Å². The van der Waals surface area contributed by atoms with Crippen molar-refractivity contribution in [3.8, 4) is 0 Å². The molecule has 0 radical (unpaired) electrons. The summed E-state index contributed by atoms with van der Waals surface area (Å²) in [6, 6.07) is 5.61. The van der Waals surface area contributed by atoms with E-state index in [-0.39, 0.29) is 17.8 Å². The molecule has 32 heavy (non-hydrogen) atoms. The number of carbonyl (C=O) groups is 2. The van der Waals surface area contributed by atoms with Crippen LogP contribution in [0.1, 0.15) is 37.0 Å². The zero-order valence-electron chi connectivity index (χ0n) is 18.9. The largest absolute Gasteiger partial charge is 0.462 e. The van der Waals surface area contributed by atoms with Crippen LogP contribution < -0.4 is 0 Å². The summed E-state index contributed by atoms with van der Waals surface area (Å²) in [5.41, 5.74) is 2.45. The van der Waals surface area contributed by atoms with E-state index in [2.05, 4.69) is 21.0 Å². The van der Waals surface area contributed by atoms with Gasteiger partial charge in [-0.15, -0.1) is 0 Å². The smallest absolute Gasteiger partial charge is 0.338 e. The molecule has 2 fully saturated rings. The van der Waals surface area contributed by atoms with Crippen LogP contribution in [0.4, 0.5) is 0 Å². The molecule has 3 heterocycles. The van der Waals surface area contributed by atoms with Crippen molar-refractivity contribution in [2.45, 2.75) is 39.9 Å². The number of aromatic nitrogens is 2. The molecule has 1 atom stereocenters. The number of rotatable bonds is 6. The van der Waals surface area contributed by atoms with Crippen molar-refractivity contribution in [2.24, 2.45) is 5.92 Å². The van der Waals surface area contributed by atoms with Gasteiger partial charge in [-0.2, -0.15) is 0 Å². The van der Waals surface area contributed by atoms with Crippen molar-refractivity contribution in [3.05, 3.63) is 28.5 Å². The van der Waals surface area contributed by atoms with E-state index in [1.54, 1.807) is 13.0 Å². The second kappa shape index (κ2) is 10.1. The Kier molecular flexibility index (Phi) is 7.27. The number of hydrogen-bond donors (Lipinski definition) is 0. The molecule has 174 valence electrons. The Morgan fingerprint density at radius 2 is 1.91 bits per heavy atom. The van der Waals surface area contributed by atoms with Crippen molar-refractivity contribution in [3.63, 3.8) is 0 Å². The number of benzene rings is 1. The van der Waals surface area contributed by atoms with E-state index in [4.69, 9.17) is 21.7 Å². The van der Waals surface area contributed by atoms with E-state index in [9.17, 15) is 9.59 Å². The van der Waals surface area contributed by atoms with Crippen LogP contribution in [-0.4, -0.2) is 76.8 Å². The van der Waals surface area contributed by atoms with Gasteiger partial charge in [0, 0.05) is 26.2 Å². The number of nitrogens with zero attached hydrogens (tertiary/aromatic N) is 4. The maximum Gasteiger partial charge on any atom is 0.338 e. The Morgan fingerprint density at radius 1 is 1.12 bits per heavy atom. The third-order valence-corrected chi connectivity index (χ3v) is 6.81. The van der Waals surface area contributed by atoms with Crippen molar-refractivity contribution < 1.29 is 19.1 Å². The number of morpholine rings is 1. The molecule has 2 aliphatic rings. The lowest BCUT2D eigenvalue weighted by molar-refractivity contribution is -0.141. The standard InChI is InChI=1S/C23H32N4O4S/c1-3-26-19-8-7-17(22(29)31-4-2)14-20(19)27(23(26)32)16-24-9-5-6-18(15-24)21(28)25-10-12-30-13-11-25/h7-8,14,18H,3-6,9-13,15-16H2,1-2H3. The summed E-state index contributed by atoms with van der Waals surface area (Å²) in [5.74, 6) is -0.0851. The fourth-order valence-corrected chi connectivity index (χ4v) is 5.11. The molecule has 2 aromatic rings. The molecule has 0 spiro atoms. The highest BCUT2D eigenvalue weighted by molar-refractivity contribution is 7.71. The summed E-state index contributed by atoms with van der Waals surface area (Å²) >= 11 is 5.80. The maximum atomic E-state index is 13.0. The minimum absolute atomic E-state index is 0.00522. The Morgan fingerprint density at radius 3 is 2.62 bits per heavy atom. The maximum absolute atomic E-state index is 13.0. The number of hydrogen-bond acceptors (Lipinski definition) is 6. The number of fused-ring (bicyclic) bond motifs is 1. The van der Waals surface area contributed by atoms with Crippen LogP contribution in [0.3, 0.4) is 0 Å². The van der Waals surface area contributed by atoms with Gasteiger partial charge < -0.3 is 23.5 Å². The van der Waals surface area contributed by atoms with Crippen molar-refractivity contribution in [1.82, 2.24) is 18.9 Å². The van der Waals surface area contributed by atoms with Gasteiger partial charge in [-0.25, -0.2) is 4.79 Å². The van der Waals surface area contributed by atoms with Gasteiger partial charge in [-0.1, -0.05) is 0 Å². The lowest BCUT2D eigenvalue weighted by Crippen LogP contribution is -2.48. The second-order valence-electron chi connectivity index (χ2n) is 8.37. The summed E-state index contributed by atoms with van der Waals surface area (Å²) in [6.07, 6.45) is 1.90. The molecule has 0 saturated carbocycles. The number of likely N-dealkylation sites (tertiary alicyclic amines) is 1. The average molecular weight is 461 g/mol. The molecule has 0 bridgehead atoms. The monoisotopic (exact) mass is 460 g/mol. The van der Waals surface area contributed by atoms with E-state index in [1.807, 2.05) is 17.0 Å². The van der Waals surface area contributed by atoms with Crippen LogP contribution in [0.2, 0.25) is 0 Å². The first kappa shape index (κ1) is 22.9. The van der Waals surface area contributed by atoms with Crippen LogP contribution in [0.5, 0.6) is 0 Å². The number of amides is 1. The average Bonchev–Trinajstić information content (AvgIpc) is 3.09. The lowest BCUT2D eigenvalue weighted by atomic mass is 9.96. The van der Waals surface area contributed by atoms with Gasteiger partial charge in [0.25, 0.3) is 0 Å². The number of aryl methyl sites for hydroxylation is 1. The Bertz CT molecular complexity index is 1040. The van der Waals surface area contributed by atoms with Crippen LogP contribution in [0, 0.1) is 10.7 Å². The molecule has 2 saturated heterocycles. The Labute approximate surface area is 193 Å². The highest BCUT2D eigenvalue weighted by Crippen LogP contribution is 2.24. The molecular weight excluding hydrogens is 428 g/mol. The van der Waals surface area contributed by atoms with Crippen LogP contribution in [-0.2, 0) is 27.5 Å². The molecule has 0 N–H and O–H groups in total. The van der Waals surface area contributed by atoms with E-state index in [0.717, 1.165) is 41.7 Å². The molecule has 1 unspecified atom stereocenters. The number of carbonyl (C=O) groups excluding carboxylic acids is 2. The van der Waals surface area contributed by atoms with Gasteiger partial charge in [-0.3, -0.25) is 9.69 Å². The molecule has 0 aliphatic carbocycles. The topological polar surface area (TPSA) is 68.9 Å². The molecule has 9 heteroatoms. The van der Waals surface area contributed by atoms with Gasteiger partial charge in [-0.05, 0) is 63.7 Å². The van der Waals surface area contributed by atoms with Crippen molar-refractivity contribution in [1.29, 1.82) is 0 Å². The third-order valence-electron chi connectivity index (χ3n) is 6.37. The summed E-state index contributed by atoms with van der Waals surface area (Å²) in [7, 11) is 0. The van der Waals surface area contributed by atoms with E-state index < -0.39 is 0 Å². The molecule has 8 nitrogen and oxygen atoms in total. The minimum Gasteiger partial charge on any atom is -0.462 e. The van der Waals surface area contributed by atoms with Gasteiger partial charge in [0.15, 0.2) is 4.77 Å². The second-order valence-corrected chi connectivity index (χ2v) is 8.74. The first-order valence-corrected chi connectivity index (χ1v) is 11.9. The molecule has 1 amide bonds. The number of ether oxygens (including phenoxy) is 2. The van der Waals surface area contributed by atoms with Gasteiger partial charge >= 0.3 is 5.97 Å². The molecule has 1 aromatic carbocycles. The molecular formula is C23H32N4O4S. The molecule has 4 rings (SSSR count). The first-order valence-electron chi connectivity index (χ1n) is 11.5. The quantitative estimate of drug-likeness (QED) is 0.488. The highest BCUT2D eigenvalue weighted by Gasteiger charge is 2.30. The van der Waals surface area contributed by atoms with Gasteiger partial charge in [0.05, 0.1) is 49.0 Å². The Balaban J connectivity index is 1.57. The Hall–Kier alpha value is -2.23. The number of piperidine rings is 1. The molecule has 1 aromatic heterocycles. The predicted molar refractivity (Wildman–Crippen MR) is 124 cm³/mol. The van der Waals surface area contributed by atoms with Gasteiger partial charge in [0.2, 0.25) is 5.91 Å². The minimum atomic E-state index is -0.328. The SMILES string of the molecule is CCOC(=O)c1ccc2c(c1)n(CN1CCCC(C(=O)N3CCOCC3)C1)c(=S)n2CC. The summed E-state index contributed by atoms with van der Waals surface area (Å²) in [4.78, 5) is 29.6. The van der Waals surface area contributed by atoms with Gasteiger partial charge in [0.1, 0.15) is 0 Å². The van der Waals surface area contributed by atoms with E-state index in [1.165, 1.54) is 0 Å². The summed E-state index contributed by atoms with van der Waals surface area (Å²) in [5, 5.41) is 0. The zero-order chi connectivity index (χ0) is 22.7. The van der Waals surface area contributed by atoms with Crippen molar-refractivity contribution in [2.75, 3.05) is 46.0 Å². The fourth-order valence-electron chi connectivity index (χ4n) is 4.73. The van der Waals surface area contributed by atoms with E-state index in [0.29, 0.717) is 51.7 Å². The summed E-state index contributed by atoms with van der Waals surface area (Å²) < 4.78 is 15.5. The predicted octanol–water partition coefficient (Wildman–Crippen LogP) is 2.90. The highest BCUT2D eigenvalue weighted by atomic mass is 32.1. The van der Waals surface area contributed by atoms with E-state index >= 15 is 0 Å². The third kappa shape index (κ3) is 4.60. The first-order chi connectivity index (χ1) is 15.5. The lowest BCUT2D eigenvalue weighted by Gasteiger charge is -2.36. The van der Waals surface area contributed by atoms with Crippen LogP contribution in [0.15, 0.2) is 18.2 Å². The number of imidazole rings is 1. The van der Waals surface area contributed by atoms with Crippen LogP contribution >= 0.6 is 12.2 Å². The zero-order valence-corrected chi connectivity index (χ0v) is 19.7.